The summed E-state index contributed by atoms with van der Waals surface area (Å²) in [6.07, 6.45) is 0. The van der Waals surface area contributed by atoms with Gasteiger partial charge in [-0.2, -0.15) is 5.10 Å². The summed E-state index contributed by atoms with van der Waals surface area (Å²) in [6, 6.07) is 17.8. The topological polar surface area (TPSA) is 17.8 Å². The first-order valence-electron chi connectivity index (χ1n) is 8.95. The van der Waals surface area contributed by atoms with Crippen LogP contribution in [0.4, 0.5) is 8.78 Å². The zero-order valence-electron chi connectivity index (χ0n) is 15.5. The van der Waals surface area contributed by atoms with E-state index in [0.717, 1.165) is 33.6 Å². The summed E-state index contributed by atoms with van der Waals surface area (Å²) in [6.45, 7) is 2.36. The van der Waals surface area contributed by atoms with Crippen molar-refractivity contribution in [1.29, 1.82) is 0 Å². The minimum Gasteiger partial charge on any atom is -0.259 e. The number of benzene rings is 3. The van der Waals surface area contributed by atoms with Crippen LogP contribution in [0.2, 0.25) is 10.0 Å². The maximum absolute atomic E-state index is 13.5. The van der Waals surface area contributed by atoms with E-state index in [-0.39, 0.29) is 11.6 Å². The lowest BCUT2D eigenvalue weighted by atomic mass is 10.0. The molecule has 0 bridgehead atoms. The molecule has 1 aromatic heterocycles. The fourth-order valence-electron chi connectivity index (χ4n) is 3.33. The first kappa shape index (κ1) is 19.6. The second-order valence-corrected chi connectivity index (χ2v) is 7.57. The first-order chi connectivity index (χ1) is 13.9. The van der Waals surface area contributed by atoms with Gasteiger partial charge in [-0.25, -0.2) is 8.78 Å². The maximum Gasteiger partial charge on any atom is 0.123 e. The van der Waals surface area contributed by atoms with Crippen molar-refractivity contribution in [1.82, 2.24) is 9.78 Å². The van der Waals surface area contributed by atoms with Crippen LogP contribution in [-0.2, 0) is 6.54 Å². The third-order valence-electron chi connectivity index (χ3n) is 4.76. The van der Waals surface area contributed by atoms with Crippen molar-refractivity contribution in [2.45, 2.75) is 13.5 Å². The number of hydrogen-bond donors (Lipinski definition) is 0. The van der Waals surface area contributed by atoms with Crippen LogP contribution in [0, 0.1) is 18.6 Å². The van der Waals surface area contributed by atoms with Gasteiger partial charge in [0.1, 0.15) is 11.6 Å². The molecule has 0 aliphatic rings. The Morgan fingerprint density at radius 2 is 1.41 bits per heavy atom. The summed E-state index contributed by atoms with van der Waals surface area (Å²) < 4.78 is 28.7. The molecule has 0 radical (unpaired) electrons. The SMILES string of the molecule is Cc1c(-c2ccc(F)cc2)nn(Cc2ccc(Cl)cc2Cl)c1-c1ccc(F)cc1. The predicted octanol–water partition coefficient (Wildman–Crippen LogP) is 7.16. The molecule has 0 atom stereocenters. The first-order valence-corrected chi connectivity index (χ1v) is 9.71. The zero-order valence-corrected chi connectivity index (χ0v) is 17.0. The van der Waals surface area contributed by atoms with Gasteiger partial charge in [0.25, 0.3) is 0 Å². The molecule has 146 valence electrons. The van der Waals surface area contributed by atoms with E-state index in [2.05, 4.69) is 0 Å². The summed E-state index contributed by atoms with van der Waals surface area (Å²) in [5.74, 6) is -0.616. The Kier molecular flexibility index (Phi) is 5.39. The van der Waals surface area contributed by atoms with Gasteiger partial charge in [0.05, 0.1) is 17.9 Å². The Labute approximate surface area is 177 Å². The summed E-state index contributed by atoms with van der Waals surface area (Å²) in [7, 11) is 0. The van der Waals surface area contributed by atoms with Gasteiger partial charge in [-0.05, 0) is 73.2 Å². The smallest absolute Gasteiger partial charge is 0.123 e. The van der Waals surface area contributed by atoms with Gasteiger partial charge in [-0.1, -0.05) is 29.3 Å². The molecule has 0 aliphatic carbocycles. The van der Waals surface area contributed by atoms with Crippen molar-refractivity contribution in [3.8, 4) is 22.5 Å². The van der Waals surface area contributed by atoms with Crippen molar-refractivity contribution in [3.63, 3.8) is 0 Å². The summed E-state index contributed by atoms with van der Waals surface area (Å²) in [5.41, 5.74) is 4.97. The van der Waals surface area contributed by atoms with Gasteiger partial charge < -0.3 is 0 Å². The lowest BCUT2D eigenvalue weighted by Crippen LogP contribution is -2.05. The van der Waals surface area contributed by atoms with Crippen molar-refractivity contribution in [2.75, 3.05) is 0 Å². The standard InChI is InChI=1S/C23H16Cl2F2N2/c1-14-22(15-3-8-19(26)9-4-15)28-29(13-17-2-7-18(24)12-21(17)25)23(14)16-5-10-20(27)11-6-16/h2-12H,13H2,1H3. The Bertz CT molecular complexity index is 1170. The fourth-order valence-corrected chi connectivity index (χ4v) is 3.80. The van der Waals surface area contributed by atoms with Crippen LogP contribution in [0.15, 0.2) is 66.7 Å². The Hall–Kier alpha value is -2.69. The molecule has 0 aliphatic heterocycles. The van der Waals surface area contributed by atoms with Crippen molar-refractivity contribution in [2.24, 2.45) is 0 Å². The number of hydrogen-bond acceptors (Lipinski definition) is 1. The van der Waals surface area contributed by atoms with Crippen molar-refractivity contribution >= 4 is 23.2 Å². The largest absolute Gasteiger partial charge is 0.259 e. The van der Waals surface area contributed by atoms with Gasteiger partial charge in [-0.15, -0.1) is 0 Å². The third-order valence-corrected chi connectivity index (χ3v) is 5.35. The third kappa shape index (κ3) is 4.04. The lowest BCUT2D eigenvalue weighted by Gasteiger charge is -2.10. The summed E-state index contributed by atoms with van der Waals surface area (Å²) in [5, 5.41) is 5.87. The van der Waals surface area contributed by atoms with Crippen LogP contribution in [0.3, 0.4) is 0 Å². The maximum atomic E-state index is 13.5. The van der Waals surface area contributed by atoms with E-state index < -0.39 is 0 Å². The summed E-state index contributed by atoms with van der Waals surface area (Å²) >= 11 is 12.4. The minimum absolute atomic E-state index is 0.308. The van der Waals surface area contributed by atoms with Gasteiger partial charge in [0.15, 0.2) is 0 Å². The van der Waals surface area contributed by atoms with Crippen LogP contribution in [0.5, 0.6) is 0 Å². The van der Waals surface area contributed by atoms with E-state index in [0.29, 0.717) is 16.6 Å². The summed E-state index contributed by atoms with van der Waals surface area (Å²) in [4.78, 5) is 0. The van der Waals surface area contributed by atoms with Crippen molar-refractivity contribution < 1.29 is 8.78 Å². The van der Waals surface area contributed by atoms with Gasteiger partial charge in [-0.3, -0.25) is 4.68 Å². The number of aromatic nitrogens is 2. The second-order valence-electron chi connectivity index (χ2n) is 6.73. The monoisotopic (exact) mass is 428 g/mol. The highest BCUT2D eigenvalue weighted by Gasteiger charge is 2.18. The van der Waals surface area contributed by atoms with Gasteiger partial charge >= 0.3 is 0 Å². The van der Waals surface area contributed by atoms with E-state index in [1.54, 1.807) is 36.4 Å². The van der Waals surface area contributed by atoms with Crippen LogP contribution < -0.4 is 0 Å². The quantitative estimate of drug-likeness (QED) is 0.337. The molecule has 0 saturated carbocycles. The molecule has 0 N–H and O–H groups in total. The van der Waals surface area contributed by atoms with E-state index in [4.69, 9.17) is 28.3 Å². The molecule has 3 aromatic carbocycles. The average Bonchev–Trinajstić information content (AvgIpc) is 3.01. The van der Waals surface area contributed by atoms with E-state index in [1.165, 1.54) is 24.3 Å². The predicted molar refractivity (Wildman–Crippen MR) is 113 cm³/mol. The highest BCUT2D eigenvalue weighted by Crippen LogP contribution is 2.33. The van der Waals surface area contributed by atoms with Gasteiger partial charge in [0, 0.05) is 26.7 Å². The second kappa shape index (κ2) is 7.97. The van der Waals surface area contributed by atoms with Gasteiger partial charge in [0.2, 0.25) is 0 Å². The fraction of sp³-hybridized carbons (Fsp3) is 0.0870. The Morgan fingerprint density at radius 3 is 2.00 bits per heavy atom. The highest BCUT2D eigenvalue weighted by molar-refractivity contribution is 6.35. The molecule has 4 aromatic rings. The average molecular weight is 429 g/mol. The number of nitrogens with zero attached hydrogens (tertiary/aromatic N) is 2. The normalized spacial score (nSPS) is 11.1. The molecule has 0 saturated heterocycles. The van der Waals surface area contributed by atoms with Crippen molar-refractivity contribution in [3.05, 3.63) is 99.5 Å². The molecule has 0 fully saturated rings. The number of rotatable bonds is 4. The molecule has 0 amide bonds. The van der Waals surface area contributed by atoms with E-state index in [9.17, 15) is 8.78 Å². The van der Waals surface area contributed by atoms with Crippen LogP contribution >= 0.6 is 23.2 Å². The molecule has 6 heteroatoms. The molecular formula is C23H16Cl2F2N2. The Morgan fingerprint density at radius 1 is 0.828 bits per heavy atom. The lowest BCUT2D eigenvalue weighted by molar-refractivity contribution is 0.627. The minimum atomic E-state index is -0.308. The number of halogens is 4. The molecule has 29 heavy (non-hydrogen) atoms. The molecular weight excluding hydrogens is 413 g/mol. The molecule has 1 heterocycles. The Balaban J connectivity index is 1.86. The molecule has 4 rings (SSSR count). The molecule has 0 unspecified atom stereocenters. The van der Waals surface area contributed by atoms with Crippen LogP contribution in [0.25, 0.3) is 22.5 Å². The highest BCUT2D eigenvalue weighted by atomic mass is 35.5. The molecule has 2 nitrogen and oxygen atoms in total. The zero-order chi connectivity index (χ0) is 20.5. The molecule has 0 spiro atoms. The van der Waals surface area contributed by atoms with Crippen LogP contribution in [-0.4, -0.2) is 9.78 Å². The van der Waals surface area contributed by atoms with Crippen LogP contribution in [0.1, 0.15) is 11.1 Å². The van der Waals surface area contributed by atoms with E-state index >= 15 is 0 Å². The van der Waals surface area contributed by atoms with E-state index in [1.807, 2.05) is 17.7 Å².